The van der Waals surface area contributed by atoms with Crippen molar-refractivity contribution in [1.82, 2.24) is 15.1 Å². The van der Waals surface area contributed by atoms with Gasteiger partial charge in [0, 0.05) is 31.2 Å². The Balaban J connectivity index is 1.83. The molecule has 7 heteroatoms. The summed E-state index contributed by atoms with van der Waals surface area (Å²) in [5.74, 6) is 0.341. The predicted octanol–water partition coefficient (Wildman–Crippen LogP) is 0.901. The van der Waals surface area contributed by atoms with Gasteiger partial charge in [-0.25, -0.2) is 0 Å². The number of ether oxygens (including phenoxy) is 1. The molecule has 1 fully saturated rings. The van der Waals surface area contributed by atoms with Gasteiger partial charge in [0.25, 0.3) is 5.91 Å². The van der Waals surface area contributed by atoms with Crippen molar-refractivity contribution in [2.75, 3.05) is 26.8 Å². The van der Waals surface area contributed by atoms with Gasteiger partial charge in [0.2, 0.25) is 0 Å². The molecule has 0 saturated carbocycles. The highest BCUT2D eigenvalue weighted by molar-refractivity contribution is 5.99. The lowest BCUT2D eigenvalue weighted by Gasteiger charge is -2.35. The number of piperidine rings is 1. The van der Waals surface area contributed by atoms with Crippen molar-refractivity contribution in [3.63, 3.8) is 0 Å². The molecule has 3 rings (SSSR count). The SMILES string of the molecule is COc1cccc(-c2[nH]ncc2C(=O)N2CCC(CO)C(O)C2)c1. The van der Waals surface area contributed by atoms with E-state index in [1.165, 1.54) is 6.20 Å². The molecule has 1 aromatic carbocycles. The Morgan fingerprint density at radius 2 is 2.33 bits per heavy atom. The van der Waals surface area contributed by atoms with Crippen molar-refractivity contribution >= 4 is 5.91 Å². The van der Waals surface area contributed by atoms with Gasteiger partial charge in [-0.05, 0) is 18.6 Å². The maximum absolute atomic E-state index is 12.8. The molecule has 2 unspecified atom stereocenters. The summed E-state index contributed by atoms with van der Waals surface area (Å²) < 4.78 is 5.22. The molecular weight excluding hydrogens is 310 g/mol. The van der Waals surface area contributed by atoms with Crippen molar-refractivity contribution < 1.29 is 19.7 Å². The molecule has 2 atom stereocenters. The Morgan fingerprint density at radius 3 is 3.04 bits per heavy atom. The number of nitrogens with one attached hydrogen (secondary N) is 1. The molecule has 1 aromatic heterocycles. The smallest absolute Gasteiger partial charge is 0.257 e. The number of hydrogen-bond donors (Lipinski definition) is 3. The molecule has 2 aromatic rings. The van der Waals surface area contributed by atoms with Crippen LogP contribution in [0.15, 0.2) is 30.5 Å². The van der Waals surface area contributed by atoms with E-state index in [1.807, 2.05) is 24.3 Å². The fourth-order valence-corrected chi connectivity index (χ4v) is 2.99. The minimum absolute atomic E-state index is 0.0655. The summed E-state index contributed by atoms with van der Waals surface area (Å²) in [5, 5.41) is 26.1. The van der Waals surface area contributed by atoms with Gasteiger partial charge >= 0.3 is 0 Å². The summed E-state index contributed by atoms with van der Waals surface area (Å²) in [4.78, 5) is 14.4. The number of benzene rings is 1. The number of aromatic amines is 1. The molecule has 24 heavy (non-hydrogen) atoms. The molecule has 1 aliphatic heterocycles. The van der Waals surface area contributed by atoms with Crippen molar-refractivity contribution in [3.05, 3.63) is 36.0 Å². The molecule has 0 aliphatic carbocycles. The Morgan fingerprint density at radius 1 is 1.50 bits per heavy atom. The molecule has 1 amide bonds. The summed E-state index contributed by atoms with van der Waals surface area (Å²) in [6, 6.07) is 7.38. The van der Waals surface area contributed by atoms with E-state index in [1.54, 1.807) is 12.0 Å². The largest absolute Gasteiger partial charge is 0.497 e. The molecule has 1 saturated heterocycles. The van der Waals surface area contributed by atoms with Crippen LogP contribution >= 0.6 is 0 Å². The number of aliphatic hydroxyl groups excluding tert-OH is 2. The van der Waals surface area contributed by atoms with E-state index >= 15 is 0 Å². The van der Waals surface area contributed by atoms with Crippen LogP contribution in [-0.4, -0.2) is 64.1 Å². The molecule has 128 valence electrons. The van der Waals surface area contributed by atoms with Crippen LogP contribution in [0.4, 0.5) is 0 Å². The third-order valence-corrected chi connectivity index (χ3v) is 4.47. The molecule has 2 heterocycles. The van der Waals surface area contributed by atoms with Gasteiger partial charge in [0.15, 0.2) is 0 Å². The number of amides is 1. The van der Waals surface area contributed by atoms with Crippen LogP contribution in [0.25, 0.3) is 11.3 Å². The third-order valence-electron chi connectivity index (χ3n) is 4.47. The molecule has 1 aliphatic rings. The number of aromatic nitrogens is 2. The summed E-state index contributed by atoms with van der Waals surface area (Å²) >= 11 is 0. The highest BCUT2D eigenvalue weighted by Crippen LogP contribution is 2.27. The lowest BCUT2D eigenvalue weighted by Crippen LogP contribution is -2.47. The molecule has 3 N–H and O–H groups in total. The minimum Gasteiger partial charge on any atom is -0.497 e. The molecular formula is C17H21N3O4. The number of carbonyl (C=O) groups excluding carboxylic acids is 1. The number of aliphatic hydroxyl groups is 2. The normalized spacial score (nSPS) is 20.9. The zero-order chi connectivity index (χ0) is 17.1. The first-order valence-electron chi connectivity index (χ1n) is 7.90. The quantitative estimate of drug-likeness (QED) is 0.773. The fourth-order valence-electron chi connectivity index (χ4n) is 2.99. The van der Waals surface area contributed by atoms with Gasteiger partial charge in [-0.1, -0.05) is 12.1 Å². The van der Waals surface area contributed by atoms with E-state index in [0.717, 1.165) is 5.56 Å². The lowest BCUT2D eigenvalue weighted by molar-refractivity contribution is 0.000906. The van der Waals surface area contributed by atoms with E-state index < -0.39 is 6.10 Å². The van der Waals surface area contributed by atoms with Crippen LogP contribution in [0.2, 0.25) is 0 Å². The number of likely N-dealkylation sites (tertiary alicyclic amines) is 1. The first-order valence-corrected chi connectivity index (χ1v) is 7.90. The van der Waals surface area contributed by atoms with Crippen LogP contribution in [-0.2, 0) is 0 Å². The number of H-pyrrole nitrogens is 1. The average molecular weight is 331 g/mol. The van der Waals surface area contributed by atoms with E-state index in [0.29, 0.717) is 30.0 Å². The number of β-amino-alcohol motifs (C(OH)–C–C–N with tert-alkyl or cyclic N) is 1. The maximum atomic E-state index is 12.8. The van der Waals surface area contributed by atoms with Gasteiger partial charge in [-0.3, -0.25) is 9.89 Å². The van der Waals surface area contributed by atoms with E-state index in [4.69, 9.17) is 4.74 Å². The standard InChI is InChI=1S/C17H21N3O4/c1-24-13-4-2-3-11(7-13)16-14(8-18-19-16)17(23)20-6-5-12(10-21)15(22)9-20/h2-4,7-8,12,15,21-22H,5-6,9-10H2,1H3,(H,18,19). The Bertz CT molecular complexity index is 715. The summed E-state index contributed by atoms with van der Waals surface area (Å²) in [7, 11) is 1.59. The topological polar surface area (TPSA) is 98.7 Å². The van der Waals surface area contributed by atoms with Gasteiger partial charge in [0.05, 0.1) is 30.7 Å². The number of methoxy groups -OCH3 is 1. The van der Waals surface area contributed by atoms with Crippen LogP contribution in [0.1, 0.15) is 16.8 Å². The second-order valence-electron chi connectivity index (χ2n) is 5.94. The van der Waals surface area contributed by atoms with Crippen LogP contribution in [0, 0.1) is 5.92 Å². The van der Waals surface area contributed by atoms with Crippen molar-refractivity contribution in [2.45, 2.75) is 12.5 Å². The van der Waals surface area contributed by atoms with Gasteiger partial charge in [-0.2, -0.15) is 5.10 Å². The van der Waals surface area contributed by atoms with Crippen molar-refractivity contribution in [2.24, 2.45) is 5.92 Å². The number of nitrogens with zero attached hydrogens (tertiary/aromatic N) is 2. The zero-order valence-electron chi connectivity index (χ0n) is 13.5. The van der Waals surface area contributed by atoms with E-state index in [2.05, 4.69) is 10.2 Å². The van der Waals surface area contributed by atoms with Crippen molar-refractivity contribution in [1.29, 1.82) is 0 Å². The Kier molecular flexibility index (Phi) is 4.82. The second-order valence-corrected chi connectivity index (χ2v) is 5.94. The zero-order valence-corrected chi connectivity index (χ0v) is 13.5. The van der Waals surface area contributed by atoms with E-state index in [-0.39, 0.29) is 25.0 Å². The summed E-state index contributed by atoms with van der Waals surface area (Å²) in [6.45, 7) is 0.653. The second kappa shape index (κ2) is 7.02. The molecule has 7 nitrogen and oxygen atoms in total. The number of hydrogen-bond acceptors (Lipinski definition) is 5. The molecule has 0 radical (unpaired) electrons. The van der Waals surface area contributed by atoms with Gasteiger partial charge < -0.3 is 19.8 Å². The lowest BCUT2D eigenvalue weighted by atomic mass is 9.94. The average Bonchev–Trinajstić information content (AvgIpc) is 3.10. The number of rotatable bonds is 4. The van der Waals surface area contributed by atoms with E-state index in [9.17, 15) is 15.0 Å². The first-order chi connectivity index (χ1) is 11.6. The Hall–Kier alpha value is -2.38. The predicted molar refractivity (Wildman–Crippen MR) is 87.7 cm³/mol. The van der Waals surface area contributed by atoms with Crippen molar-refractivity contribution in [3.8, 4) is 17.0 Å². The highest BCUT2D eigenvalue weighted by atomic mass is 16.5. The third kappa shape index (κ3) is 3.13. The molecule has 0 spiro atoms. The van der Waals surface area contributed by atoms with Gasteiger partial charge in [-0.15, -0.1) is 0 Å². The van der Waals surface area contributed by atoms with Crippen LogP contribution in [0.3, 0.4) is 0 Å². The number of carbonyl (C=O) groups is 1. The minimum atomic E-state index is -0.708. The highest BCUT2D eigenvalue weighted by Gasteiger charge is 2.31. The molecule has 0 bridgehead atoms. The maximum Gasteiger partial charge on any atom is 0.257 e. The Labute approximate surface area is 139 Å². The summed E-state index contributed by atoms with van der Waals surface area (Å²) in [6.07, 6.45) is 1.37. The van der Waals surface area contributed by atoms with Gasteiger partial charge in [0.1, 0.15) is 5.75 Å². The van der Waals surface area contributed by atoms with Crippen LogP contribution < -0.4 is 4.74 Å². The summed E-state index contributed by atoms with van der Waals surface area (Å²) in [5.41, 5.74) is 1.89. The first kappa shape index (κ1) is 16.5. The fraction of sp³-hybridized carbons (Fsp3) is 0.412. The van der Waals surface area contributed by atoms with Crippen LogP contribution in [0.5, 0.6) is 5.75 Å². The monoisotopic (exact) mass is 331 g/mol.